The van der Waals surface area contributed by atoms with Gasteiger partial charge in [0.25, 0.3) is 0 Å². The summed E-state index contributed by atoms with van der Waals surface area (Å²) in [6.45, 7) is 0.339. The molecule has 0 aliphatic heterocycles. The maximum atomic E-state index is 12.1. The first kappa shape index (κ1) is 20.2. The van der Waals surface area contributed by atoms with Gasteiger partial charge in [0.1, 0.15) is 15.6 Å². The standard InChI is InChI=1S/C19H16ClN3O3S2/c20-14-8-6-13(7-9-14)11-27-17-15(18(24)25)16(28-23-17)22-19(26)21-10-12-4-2-1-3-5-12/h1-9H,10-11H2,(H,24,25)(H2,21,22,26). The number of nitrogens with one attached hydrogen (secondary N) is 2. The summed E-state index contributed by atoms with van der Waals surface area (Å²) in [5.74, 6) is -0.591. The average molecular weight is 434 g/mol. The quantitative estimate of drug-likeness (QED) is 0.450. The number of carbonyl (C=O) groups excluding carboxylic acids is 1. The number of carboxylic acids is 1. The van der Waals surface area contributed by atoms with E-state index >= 15 is 0 Å². The van der Waals surface area contributed by atoms with Crippen LogP contribution in [0.1, 0.15) is 21.5 Å². The molecule has 0 spiro atoms. The molecule has 28 heavy (non-hydrogen) atoms. The molecule has 0 radical (unpaired) electrons. The number of amides is 2. The van der Waals surface area contributed by atoms with Crippen molar-refractivity contribution in [3.05, 3.63) is 76.3 Å². The molecule has 9 heteroatoms. The molecule has 0 bridgehead atoms. The number of aromatic nitrogens is 1. The maximum Gasteiger partial charge on any atom is 0.341 e. The molecule has 3 rings (SSSR count). The van der Waals surface area contributed by atoms with Crippen LogP contribution in [-0.2, 0) is 12.3 Å². The Morgan fingerprint density at radius 1 is 1.07 bits per heavy atom. The Balaban J connectivity index is 1.63. The van der Waals surface area contributed by atoms with Crippen LogP contribution in [0.3, 0.4) is 0 Å². The second-order valence-electron chi connectivity index (χ2n) is 5.71. The van der Waals surface area contributed by atoms with Gasteiger partial charge in [-0.3, -0.25) is 5.32 Å². The monoisotopic (exact) mass is 433 g/mol. The van der Waals surface area contributed by atoms with Crippen molar-refractivity contribution in [1.82, 2.24) is 9.69 Å². The van der Waals surface area contributed by atoms with Gasteiger partial charge in [-0.05, 0) is 34.8 Å². The SMILES string of the molecule is O=C(NCc1ccccc1)Nc1snc(SCc2ccc(Cl)cc2)c1C(=O)O. The molecule has 144 valence electrons. The predicted molar refractivity (Wildman–Crippen MR) is 112 cm³/mol. The predicted octanol–water partition coefficient (Wildman–Crippen LogP) is 5.11. The van der Waals surface area contributed by atoms with Crippen molar-refractivity contribution in [3.63, 3.8) is 0 Å². The Kier molecular flexibility index (Phi) is 6.91. The van der Waals surface area contributed by atoms with Gasteiger partial charge in [-0.1, -0.05) is 65.8 Å². The molecular formula is C19H16ClN3O3S2. The van der Waals surface area contributed by atoms with Crippen molar-refractivity contribution in [1.29, 1.82) is 0 Å². The molecule has 0 aliphatic carbocycles. The Labute approximate surface area is 175 Å². The average Bonchev–Trinajstić information content (AvgIpc) is 3.09. The molecule has 6 nitrogen and oxygen atoms in total. The Morgan fingerprint density at radius 3 is 2.46 bits per heavy atom. The highest BCUT2D eigenvalue weighted by Gasteiger charge is 2.22. The van der Waals surface area contributed by atoms with Gasteiger partial charge in [-0.2, -0.15) is 4.37 Å². The van der Waals surface area contributed by atoms with E-state index in [4.69, 9.17) is 11.6 Å². The molecule has 0 saturated heterocycles. The van der Waals surface area contributed by atoms with Gasteiger partial charge < -0.3 is 10.4 Å². The van der Waals surface area contributed by atoms with Crippen LogP contribution in [0.2, 0.25) is 5.02 Å². The number of halogens is 1. The molecule has 3 aromatic rings. The van der Waals surface area contributed by atoms with Crippen LogP contribution < -0.4 is 10.6 Å². The second kappa shape index (κ2) is 9.59. The molecule has 3 N–H and O–H groups in total. The topological polar surface area (TPSA) is 91.3 Å². The van der Waals surface area contributed by atoms with Crippen LogP contribution in [-0.4, -0.2) is 21.5 Å². The van der Waals surface area contributed by atoms with Crippen LogP contribution in [0.15, 0.2) is 59.6 Å². The number of hydrogen-bond acceptors (Lipinski definition) is 5. The third-order valence-corrected chi connectivity index (χ3v) is 5.86. The lowest BCUT2D eigenvalue weighted by Gasteiger charge is -2.07. The molecule has 0 unspecified atom stereocenters. The smallest absolute Gasteiger partial charge is 0.341 e. The molecular weight excluding hydrogens is 418 g/mol. The normalized spacial score (nSPS) is 10.5. The minimum absolute atomic E-state index is 0.00109. The van der Waals surface area contributed by atoms with E-state index in [1.165, 1.54) is 11.8 Å². The van der Waals surface area contributed by atoms with Gasteiger partial charge in [0, 0.05) is 17.3 Å². The van der Waals surface area contributed by atoms with E-state index in [-0.39, 0.29) is 10.6 Å². The molecule has 2 amide bonds. The summed E-state index contributed by atoms with van der Waals surface area (Å²) in [6.07, 6.45) is 0. The molecule has 0 atom stereocenters. The Bertz CT molecular complexity index is 962. The summed E-state index contributed by atoms with van der Waals surface area (Å²) in [7, 11) is 0. The maximum absolute atomic E-state index is 12.1. The van der Waals surface area contributed by atoms with Crippen LogP contribution in [0, 0.1) is 0 Å². The first-order valence-electron chi connectivity index (χ1n) is 8.22. The third-order valence-electron chi connectivity index (χ3n) is 3.69. The van der Waals surface area contributed by atoms with Crippen molar-refractivity contribution in [2.75, 3.05) is 5.32 Å². The summed E-state index contributed by atoms with van der Waals surface area (Å²) < 4.78 is 4.20. The van der Waals surface area contributed by atoms with Gasteiger partial charge in [-0.15, -0.1) is 0 Å². The van der Waals surface area contributed by atoms with E-state index in [1.807, 2.05) is 42.5 Å². The molecule has 0 saturated carbocycles. The first-order valence-corrected chi connectivity index (χ1v) is 10.4. The Morgan fingerprint density at radius 2 is 1.79 bits per heavy atom. The van der Waals surface area contributed by atoms with E-state index < -0.39 is 12.0 Å². The lowest BCUT2D eigenvalue weighted by atomic mass is 10.2. The van der Waals surface area contributed by atoms with Gasteiger partial charge in [0.2, 0.25) is 0 Å². The molecule has 0 fully saturated rings. The summed E-state index contributed by atoms with van der Waals surface area (Å²) in [5, 5.41) is 16.1. The fraction of sp³-hybridized carbons (Fsp3) is 0.105. The molecule has 2 aromatic carbocycles. The van der Waals surface area contributed by atoms with Gasteiger partial charge in [-0.25, -0.2) is 9.59 Å². The van der Waals surface area contributed by atoms with E-state index in [9.17, 15) is 14.7 Å². The summed E-state index contributed by atoms with van der Waals surface area (Å²) in [6, 6.07) is 16.3. The molecule has 1 heterocycles. The number of hydrogen-bond donors (Lipinski definition) is 3. The highest BCUT2D eigenvalue weighted by atomic mass is 35.5. The van der Waals surface area contributed by atoms with Crippen molar-refractivity contribution in [2.24, 2.45) is 0 Å². The van der Waals surface area contributed by atoms with Gasteiger partial charge >= 0.3 is 12.0 Å². The van der Waals surface area contributed by atoms with Gasteiger partial charge in [0.15, 0.2) is 0 Å². The van der Waals surface area contributed by atoms with Gasteiger partial charge in [0.05, 0.1) is 0 Å². The minimum atomic E-state index is -1.13. The highest BCUT2D eigenvalue weighted by Crippen LogP contribution is 2.33. The number of urea groups is 1. The van der Waals surface area contributed by atoms with Crippen LogP contribution >= 0.6 is 34.9 Å². The summed E-state index contributed by atoms with van der Waals surface area (Å²) >= 11 is 8.11. The first-order chi connectivity index (χ1) is 13.5. The van der Waals surface area contributed by atoms with Crippen molar-refractivity contribution >= 4 is 51.9 Å². The summed E-state index contributed by atoms with van der Waals surface area (Å²) in [5.41, 5.74) is 1.94. The number of anilines is 1. The fourth-order valence-corrected chi connectivity index (χ4v) is 4.33. The number of thioether (sulfide) groups is 1. The summed E-state index contributed by atoms with van der Waals surface area (Å²) in [4.78, 5) is 23.8. The number of rotatable bonds is 7. The van der Waals surface area contributed by atoms with Crippen molar-refractivity contribution < 1.29 is 14.7 Å². The molecule has 0 aliphatic rings. The zero-order valence-electron chi connectivity index (χ0n) is 14.5. The number of benzene rings is 2. The molecule has 1 aromatic heterocycles. The highest BCUT2D eigenvalue weighted by molar-refractivity contribution is 7.98. The second-order valence-corrected chi connectivity index (χ2v) is 7.88. The van der Waals surface area contributed by atoms with E-state index in [0.29, 0.717) is 22.3 Å². The van der Waals surface area contributed by atoms with E-state index in [2.05, 4.69) is 15.0 Å². The van der Waals surface area contributed by atoms with Crippen molar-refractivity contribution in [2.45, 2.75) is 17.3 Å². The zero-order chi connectivity index (χ0) is 19.9. The lowest BCUT2D eigenvalue weighted by Crippen LogP contribution is -2.28. The van der Waals surface area contributed by atoms with E-state index in [0.717, 1.165) is 22.7 Å². The fourth-order valence-electron chi connectivity index (χ4n) is 2.31. The van der Waals surface area contributed by atoms with E-state index in [1.54, 1.807) is 12.1 Å². The van der Waals surface area contributed by atoms with Crippen LogP contribution in [0.4, 0.5) is 9.80 Å². The van der Waals surface area contributed by atoms with Crippen LogP contribution in [0.25, 0.3) is 0 Å². The van der Waals surface area contributed by atoms with Crippen molar-refractivity contribution in [3.8, 4) is 0 Å². The third kappa shape index (κ3) is 5.48. The lowest BCUT2D eigenvalue weighted by molar-refractivity contribution is 0.0694. The number of carboxylic acid groups (broad SMARTS) is 1. The largest absolute Gasteiger partial charge is 0.477 e. The minimum Gasteiger partial charge on any atom is -0.477 e. The van der Waals surface area contributed by atoms with Crippen LogP contribution in [0.5, 0.6) is 0 Å². The number of nitrogens with zero attached hydrogens (tertiary/aromatic N) is 1. The number of aromatic carboxylic acids is 1. The number of carbonyl (C=O) groups is 2. The zero-order valence-corrected chi connectivity index (χ0v) is 16.9. The Hall–Kier alpha value is -2.55.